The van der Waals surface area contributed by atoms with Gasteiger partial charge >= 0.3 is 0 Å². The lowest BCUT2D eigenvalue weighted by molar-refractivity contribution is 0.465. The largest absolute Gasteiger partial charge is 0.508 e. The Labute approximate surface area is 130 Å². The predicted octanol–water partition coefficient (Wildman–Crippen LogP) is 3.20. The number of benzene rings is 2. The summed E-state index contributed by atoms with van der Waals surface area (Å²) in [4.78, 5) is 4.38. The highest BCUT2D eigenvalue weighted by atomic mass is 16.3. The van der Waals surface area contributed by atoms with E-state index in [0.29, 0.717) is 18.3 Å². The third-order valence-corrected chi connectivity index (χ3v) is 4.08. The van der Waals surface area contributed by atoms with E-state index in [4.69, 9.17) is 5.73 Å². The number of rotatable bonds is 3. The van der Waals surface area contributed by atoms with Gasteiger partial charge in [-0.2, -0.15) is 0 Å². The number of aromatic hydroxyl groups is 1. The molecule has 3 rings (SSSR count). The number of nitrogens with one attached hydrogen (secondary N) is 1. The molecule has 114 valence electrons. The van der Waals surface area contributed by atoms with Crippen molar-refractivity contribution in [2.75, 3.05) is 5.32 Å². The number of fused-ring (bicyclic) bond motifs is 1. The van der Waals surface area contributed by atoms with Crippen LogP contribution in [-0.2, 0) is 19.4 Å². The van der Waals surface area contributed by atoms with Crippen molar-refractivity contribution < 1.29 is 5.11 Å². The van der Waals surface area contributed by atoms with E-state index in [2.05, 4.69) is 10.3 Å². The topological polar surface area (TPSA) is 70.6 Å². The molecule has 0 unspecified atom stereocenters. The molecular weight excluding hydrogens is 274 g/mol. The Bertz CT molecular complexity index is 680. The summed E-state index contributed by atoms with van der Waals surface area (Å²) in [5.41, 5.74) is 10.3. The zero-order valence-electron chi connectivity index (χ0n) is 12.5. The van der Waals surface area contributed by atoms with Crippen LogP contribution in [-0.4, -0.2) is 11.1 Å². The third kappa shape index (κ3) is 3.22. The summed E-state index contributed by atoms with van der Waals surface area (Å²) in [6, 6.07) is 13.5. The summed E-state index contributed by atoms with van der Waals surface area (Å²) < 4.78 is 0. The van der Waals surface area contributed by atoms with Gasteiger partial charge in [0.15, 0.2) is 5.96 Å². The highest BCUT2D eigenvalue weighted by Crippen LogP contribution is 2.31. The second kappa shape index (κ2) is 6.52. The smallest absolute Gasteiger partial charge is 0.193 e. The van der Waals surface area contributed by atoms with Crippen molar-refractivity contribution in [3.8, 4) is 5.75 Å². The Kier molecular flexibility index (Phi) is 4.28. The second-order valence-electron chi connectivity index (χ2n) is 5.60. The summed E-state index contributed by atoms with van der Waals surface area (Å²) in [6.45, 7) is 0.403. The first-order valence-electron chi connectivity index (χ1n) is 7.68. The number of phenolic OH excluding ortho intramolecular Hbond substituents is 1. The number of nitrogens with zero attached hydrogens (tertiary/aromatic N) is 1. The minimum atomic E-state index is 0.317. The van der Waals surface area contributed by atoms with Crippen LogP contribution in [0, 0.1) is 0 Å². The van der Waals surface area contributed by atoms with Gasteiger partial charge in [0.2, 0.25) is 0 Å². The van der Waals surface area contributed by atoms with Crippen LogP contribution in [0.1, 0.15) is 29.5 Å². The molecule has 0 aromatic heterocycles. The normalized spacial score (nSPS) is 14.5. The zero-order valence-corrected chi connectivity index (χ0v) is 12.5. The van der Waals surface area contributed by atoms with Gasteiger partial charge in [-0.25, -0.2) is 4.99 Å². The molecule has 0 atom stereocenters. The third-order valence-electron chi connectivity index (χ3n) is 4.08. The van der Waals surface area contributed by atoms with Gasteiger partial charge in [-0.15, -0.1) is 0 Å². The van der Waals surface area contributed by atoms with Crippen LogP contribution < -0.4 is 11.1 Å². The molecule has 0 amide bonds. The average Bonchev–Trinajstić information content (AvgIpc) is 2.55. The summed E-state index contributed by atoms with van der Waals surface area (Å²) in [6.07, 6.45) is 4.49. The fourth-order valence-electron chi connectivity index (χ4n) is 2.94. The highest BCUT2D eigenvalue weighted by molar-refractivity contribution is 5.92. The summed E-state index contributed by atoms with van der Waals surface area (Å²) in [5.74, 6) is 0.677. The van der Waals surface area contributed by atoms with Crippen molar-refractivity contribution >= 4 is 11.6 Å². The Hall–Kier alpha value is -2.49. The molecule has 4 heteroatoms. The molecule has 4 nitrogen and oxygen atoms in total. The summed E-state index contributed by atoms with van der Waals surface area (Å²) >= 11 is 0. The van der Waals surface area contributed by atoms with Gasteiger partial charge in [0.25, 0.3) is 0 Å². The minimum absolute atomic E-state index is 0.317. The number of aryl methyl sites for hydroxylation is 1. The molecule has 2 aromatic rings. The Morgan fingerprint density at radius 3 is 2.68 bits per heavy atom. The molecule has 4 N–H and O–H groups in total. The van der Waals surface area contributed by atoms with Gasteiger partial charge in [-0.3, -0.25) is 0 Å². The summed E-state index contributed by atoms with van der Waals surface area (Å²) in [5, 5.41) is 13.2. The van der Waals surface area contributed by atoms with Crippen molar-refractivity contribution in [1.29, 1.82) is 0 Å². The fraction of sp³-hybridized carbons (Fsp3) is 0.278. The lowest BCUT2D eigenvalue weighted by atomic mass is 9.88. The number of guanidine groups is 1. The minimum Gasteiger partial charge on any atom is -0.508 e. The quantitative estimate of drug-likeness (QED) is 0.601. The first-order valence-corrected chi connectivity index (χ1v) is 7.68. The van der Waals surface area contributed by atoms with E-state index < -0.39 is 0 Å². The van der Waals surface area contributed by atoms with E-state index in [9.17, 15) is 5.11 Å². The molecule has 2 aromatic carbocycles. The van der Waals surface area contributed by atoms with Crippen LogP contribution in [0.4, 0.5) is 5.69 Å². The number of aliphatic imine (C=N–C) groups is 1. The van der Waals surface area contributed by atoms with Crippen LogP contribution in [0.2, 0.25) is 0 Å². The molecule has 0 fully saturated rings. The Morgan fingerprint density at radius 2 is 1.86 bits per heavy atom. The summed E-state index contributed by atoms with van der Waals surface area (Å²) in [7, 11) is 0. The van der Waals surface area contributed by atoms with Crippen molar-refractivity contribution in [2.24, 2.45) is 10.7 Å². The van der Waals surface area contributed by atoms with Gasteiger partial charge in [0, 0.05) is 11.3 Å². The van der Waals surface area contributed by atoms with Gasteiger partial charge in [0.05, 0.1) is 6.54 Å². The standard InChI is InChI=1S/C18H21N3O/c19-18(21-14-7-2-1-3-8-14)20-12-16-15-9-5-4-6-13(15)10-11-17(16)22/h1-3,7-8,10-11,22H,4-6,9,12H2,(H3,19,20,21). The molecule has 22 heavy (non-hydrogen) atoms. The van der Waals surface area contributed by atoms with Crippen LogP contribution in [0.15, 0.2) is 47.5 Å². The monoisotopic (exact) mass is 295 g/mol. The van der Waals surface area contributed by atoms with Crippen molar-refractivity contribution in [2.45, 2.75) is 32.2 Å². The lowest BCUT2D eigenvalue weighted by Gasteiger charge is -2.19. The van der Waals surface area contributed by atoms with E-state index in [1.54, 1.807) is 6.07 Å². The first kappa shape index (κ1) is 14.4. The fourth-order valence-corrected chi connectivity index (χ4v) is 2.94. The highest BCUT2D eigenvalue weighted by Gasteiger charge is 2.16. The molecule has 1 aliphatic carbocycles. The average molecular weight is 295 g/mol. The molecular formula is C18H21N3O. The van der Waals surface area contributed by atoms with Gasteiger partial charge in [-0.1, -0.05) is 24.3 Å². The van der Waals surface area contributed by atoms with Crippen molar-refractivity contribution in [3.05, 3.63) is 59.2 Å². The van der Waals surface area contributed by atoms with Gasteiger partial charge in [0.1, 0.15) is 5.75 Å². The molecule has 0 aliphatic heterocycles. The molecule has 0 radical (unpaired) electrons. The Morgan fingerprint density at radius 1 is 1.09 bits per heavy atom. The van der Waals surface area contributed by atoms with Gasteiger partial charge < -0.3 is 16.2 Å². The molecule has 1 aliphatic rings. The number of anilines is 1. The number of hydrogen-bond donors (Lipinski definition) is 3. The number of phenols is 1. The number of nitrogens with two attached hydrogens (primary N) is 1. The van der Waals surface area contributed by atoms with E-state index in [0.717, 1.165) is 24.1 Å². The number of hydrogen-bond acceptors (Lipinski definition) is 2. The van der Waals surface area contributed by atoms with Crippen LogP contribution in [0.3, 0.4) is 0 Å². The van der Waals surface area contributed by atoms with Crippen molar-refractivity contribution in [1.82, 2.24) is 0 Å². The molecule has 0 saturated heterocycles. The SMILES string of the molecule is NC(=NCc1c(O)ccc2c1CCCC2)Nc1ccccc1. The Balaban J connectivity index is 1.77. The zero-order chi connectivity index (χ0) is 15.4. The second-order valence-corrected chi connectivity index (χ2v) is 5.60. The maximum Gasteiger partial charge on any atom is 0.193 e. The number of para-hydroxylation sites is 1. The molecule has 0 bridgehead atoms. The van der Waals surface area contributed by atoms with Gasteiger partial charge in [-0.05, 0) is 55.0 Å². The van der Waals surface area contributed by atoms with E-state index in [-0.39, 0.29) is 0 Å². The molecule has 0 spiro atoms. The maximum absolute atomic E-state index is 10.1. The maximum atomic E-state index is 10.1. The predicted molar refractivity (Wildman–Crippen MR) is 90.1 cm³/mol. The van der Waals surface area contributed by atoms with E-state index in [1.807, 2.05) is 36.4 Å². The van der Waals surface area contributed by atoms with E-state index in [1.165, 1.54) is 24.0 Å². The van der Waals surface area contributed by atoms with Crippen LogP contribution in [0.5, 0.6) is 5.75 Å². The van der Waals surface area contributed by atoms with Crippen LogP contribution in [0.25, 0.3) is 0 Å². The first-order chi connectivity index (χ1) is 10.7. The molecule has 0 saturated carbocycles. The molecule has 0 heterocycles. The lowest BCUT2D eigenvalue weighted by Crippen LogP contribution is -2.22. The van der Waals surface area contributed by atoms with Crippen LogP contribution >= 0.6 is 0 Å². The van der Waals surface area contributed by atoms with E-state index >= 15 is 0 Å². The van der Waals surface area contributed by atoms with Crippen molar-refractivity contribution in [3.63, 3.8) is 0 Å².